The van der Waals surface area contributed by atoms with E-state index < -0.39 is 0 Å². The number of rotatable bonds is 10. The molecule has 0 aliphatic carbocycles. The zero-order valence-electron chi connectivity index (χ0n) is 16.5. The maximum atomic E-state index is 12.2. The first-order chi connectivity index (χ1) is 12.5. The van der Waals surface area contributed by atoms with Gasteiger partial charge in [-0.05, 0) is 36.6 Å². The molecule has 0 spiro atoms. The van der Waals surface area contributed by atoms with E-state index in [1.165, 1.54) is 11.1 Å². The quantitative estimate of drug-likeness (QED) is 0.702. The highest BCUT2D eigenvalue weighted by atomic mass is 16.1. The van der Waals surface area contributed by atoms with Crippen molar-refractivity contribution in [3.63, 3.8) is 0 Å². The van der Waals surface area contributed by atoms with Gasteiger partial charge < -0.3 is 10.2 Å². The fraction of sp³-hybridized carbons (Fsp3) is 0.524. The van der Waals surface area contributed by atoms with E-state index in [1.807, 2.05) is 10.9 Å². The third-order valence-corrected chi connectivity index (χ3v) is 4.74. The first kappa shape index (κ1) is 20.2. The summed E-state index contributed by atoms with van der Waals surface area (Å²) in [5, 5.41) is 7.27. The molecule has 5 nitrogen and oxygen atoms in total. The summed E-state index contributed by atoms with van der Waals surface area (Å²) in [6, 6.07) is 8.54. The SMILES string of the molecule is CCN(CC)CCn1cc(NC(=O)CCc2ccc(C(C)C)cc2)cn1. The molecular weight excluding hydrogens is 324 g/mol. The number of nitrogens with one attached hydrogen (secondary N) is 1. The number of hydrogen-bond acceptors (Lipinski definition) is 3. The van der Waals surface area contributed by atoms with Gasteiger partial charge in [0.05, 0.1) is 18.4 Å². The number of anilines is 1. The molecule has 2 rings (SSSR count). The van der Waals surface area contributed by atoms with Gasteiger partial charge in [0, 0.05) is 19.2 Å². The van der Waals surface area contributed by atoms with Crippen molar-refractivity contribution in [1.82, 2.24) is 14.7 Å². The smallest absolute Gasteiger partial charge is 0.224 e. The summed E-state index contributed by atoms with van der Waals surface area (Å²) >= 11 is 0. The Bertz CT molecular complexity index is 672. The van der Waals surface area contributed by atoms with Gasteiger partial charge in [-0.3, -0.25) is 9.48 Å². The second-order valence-electron chi connectivity index (χ2n) is 6.96. The Morgan fingerprint density at radius 1 is 1.19 bits per heavy atom. The second-order valence-corrected chi connectivity index (χ2v) is 6.96. The Hall–Kier alpha value is -2.14. The van der Waals surface area contributed by atoms with E-state index in [9.17, 15) is 4.79 Å². The van der Waals surface area contributed by atoms with Crippen molar-refractivity contribution < 1.29 is 4.79 Å². The van der Waals surface area contributed by atoms with Crippen LogP contribution in [0.15, 0.2) is 36.7 Å². The summed E-state index contributed by atoms with van der Waals surface area (Å²) < 4.78 is 1.89. The van der Waals surface area contributed by atoms with E-state index in [4.69, 9.17) is 0 Å². The molecule has 26 heavy (non-hydrogen) atoms. The molecule has 1 heterocycles. The molecule has 142 valence electrons. The third kappa shape index (κ3) is 6.30. The van der Waals surface area contributed by atoms with Crippen molar-refractivity contribution in [2.75, 3.05) is 25.0 Å². The van der Waals surface area contributed by atoms with Crippen molar-refractivity contribution >= 4 is 11.6 Å². The van der Waals surface area contributed by atoms with Crippen LogP contribution in [0.2, 0.25) is 0 Å². The predicted octanol–water partition coefficient (Wildman–Crippen LogP) is 3.92. The van der Waals surface area contributed by atoms with E-state index in [2.05, 4.69) is 67.3 Å². The predicted molar refractivity (Wildman–Crippen MR) is 107 cm³/mol. The van der Waals surface area contributed by atoms with Crippen LogP contribution in [0.25, 0.3) is 0 Å². The normalized spacial score (nSPS) is 11.3. The average Bonchev–Trinajstić information content (AvgIpc) is 3.08. The molecule has 1 aromatic carbocycles. The number of carbonyl (C=O) groups is 1. The van der Waals surface area contributed by atoms with Gasteiger partial charge in [-0.2, -0.15) is 5.10 Å². The number of aromatic nitrogens is 2. The molecule has 5 heteroatoms. The summed E-state index contributed by atoms with van der Waals surface area (Å²) in [6.45, 7) is 12.6. The van der Waals surface area contributed by atoms with Crippen LogP contribution in [0, 0.1) is 0 Å². The molecule has 0 saturated carbocycles. The summed E-state index contributed by atoms with van der Waals surface area (Å²) in [6.07, 6.45) is 4.85. The lowest BCUT2D eigenvalue weighted by atomic mass is 10.0. The van der Waals surface area contributed by atoms with E-state index in [0.717, 1.165) is 38.3 Å². The first-order valence-electron chi connectivity index (χ1n) is 9.65. The van der Waals surface area contributed by atoms with Crippen molar-refractivity contribution in [3.8, 4) is 0 Å². The van der Waals surface area contributed by atoms with Gasteiger partial charge in [0.2, 0.25) is 5.91 Å². The Kier molecular flexibility index (Phi) is 7.85. The number of benzene rings is 1. The Morgan fingerprint density at radius 3 is 2.50 bits per heavy atom. The van der Waals surface area contributed by atoms with Gasteiger partial charge in [0.15, 0.2) is 0 Å². The van der Waals surface area contributed by atoms with Crippen LogP contribution >= 0.6 is 0 Å². The van der Waals surface area contributed by atoms with Gasteiger partial charge in [0.1, 0.15) is 0 Å². The largest absolute Gasteiger partial charge is 0.323 e. The molecule has 0 saturated heterocycles. The zero-order chi connectivity index (χ0) is 18.9. The van der Waals surface area contributed by atoms with Crippen molar-refractivity contribution in [2.45, 2.75) is 53.0 Å². The van der Waals surface area contributed by atoms with Crippen LogP contribution < -0.4 is 5.32 Å². The van der Waals surface area contributed by atoms with Gasteiger partial charge in [-0.25, -0.2) is 0 Å². The maximum Gasteiger partial charge on any atom is 0.224 e. The minimum atomic E-state index is 0.0289. The van der Waals surface area contributed by atoms with Gasteiger partial charge in [0.25, 0.3) is 0 Å². The standard InChI is InChI=1S/C21H32N4O/c1-5-24(6-2)13-14-25-16-20(15-22-25)23-21(26)12-9-18-7-10-19(11-8-18)17(3)4/h7-8,10-11,15-17H,5-6,9,12-14H2,1-4H3,(H,23,26). The van der Waals surface area contributed by atoms with Crippen LogP contribution in [-0.2, 0) is 17.8 Å². The summed E-state index contributed by atoms with van der Waals surface area (Å²) in [5.74, 6) is 0.562. The topological polar surface area (TPSA) is 50.2 Å². The lowest BCUT2D eigenvalue weighted by Gasteiger charge is -2.17. The first-order valence-corrected chi connectivity index (χ1v) is 9.65. The summed E-state index contributed by atoms with van der Waals surface area (Å²) in [4.78, 5) is 14.5. The summed E-state index contributed by atoms with van der Waals surface area (Å²) in [5.41, 5.74) is 3.29. The molecule has 0 atom stereocenters. The fourth-order valence-corrected chi connectivity index (χ4v) is 2.88. The Labute approximate surface area is 157 Å². The van der Waals surface area contributed by atoms with Gasteiger partial charge in [-0.15, -0.1) is 0 Å². The second kappa shape index (κ2) is 10.1. The monoisotopic (exact) mass is 356 g/mol. The van der Waals surface area contributed by atoms with Crippen molar-refractivity contribution in [1.29, 1.82) is 0 Å². The van der Waals surface area contributed by atoms with E-state index in [0.29, 0.717) is 12.3 Å². The highest BCUT2D eigenvalue weighted by Crippen LogP contribution is 2.15. The van der Waals surface area contributed by atoms with Crippen LogP contribution in [0.4, 0.5) is 5.69 Å². The molecule has 0 aliphatic heterocycles. The minimum Gasteiger partial charge on any atom is -0.323 e. The minimum absolute atomic E-state index is 0.0289. The van der Waals surface area contributed by atoms with Crippen LogP contribution in [0.5, 0.6) is 0 Å². The summed E-state index contributed by atoms with van der Waals surface area (Å²) in [7, 11) is 0. The fourth-order valence-electron chi connectivity index (χ4n) is 2.88. The Balaban J connectivity index is 1.77. The number of amides is 1. The number of nitrogens with zero attached hydrogens (tertiary/aromatic N) is 3. The molecule has 1 amide bonds. The molecule has 0 fully saturated rings. The number of aryl methyl sites for hydroxylation is 1. The third-order valence-electron chi connectivity index (χ3n) is 4.74. The van der Waals surface area contributed by atoms with Gasteiger partial charge in [-0.1, -0.05) is 52.0 Å². The van der Waals surface area contributed by atoms with E-state index in [1.54, 1.807) is 6.20 Å². The number of likely N-dealkylation sites (N-methyl/N-ethyl adjacent to an activating group) is 1. The molecule has 0 unspecified atom stereocenters. The van der Waals surface area contributed by atoms with Crippen LogP contribution in [-0.4, -0.2) is 40.2 Å². The highest BCUT2D eigenvalue weighted by molar-refractivity contribution is 5.90. The van der Waals surface area contributed by atoms with Gasteiger partial charge >= 0.3 is 0 Å². The van der Waals surface area contributed by atoms with E-state index in [-0.39, 0.29) is 5.91 Å². The lowest BCUT2D eigenvalue weighted by Crippen LogP contribution is -2.27. The number of carbonyl (C=O) groups excluding carboxylic acids is 1. The average molecular weight is 357 g/mol. The van der Waals surface area contributed by atoms with Crippen molar-refractivity contribution in [2.24, 2.45) is 0 Å². The van der Waals surface area contributed by atoms with Crippen LogP contribution in [0.1, 0.15) is 51.2 Å². The zero-order valence-corrected chi connectivity index (χ0v) is 16.5. The molecule has 1 N–H and O–H groups in total. The molecular formula is C21H32N4O. The molecule has 0 aliphatic rings. The lowest BCUT2D eigenvalue weighted by molar-refractivity contribution is -0.116. The Morgan fingerprint density at radius 2 is 1.88 bits per heavy atom. The van der Waals surface area contributed by atoms with Crippen LogP contribution in [0.3, 0.4) is 0 Å². The molecule has 2 aromatic rings. The number of hydrogen-bond donors (Lipinski definition) is 1. The molecule has 0 bridgehead atoms. The highest BCUT2D eigenvalue weighted by Gasteiger charge is 2.07. The molecule has 0 radical (unpaired) electrons. The van der Waals surface area contributed by atoms with E-state index >= 15 is 0 Å². The van der Waals surface area contributed by atoms with Crippen molar-refractivity contribution in [3.05, 3.63) is 47.8 Å². The maximum absolute atomic E-state index is 12.2. The molecule has 1 aromatic heterocycles.